The molecule has 0 aliphatic carbocycles. The van der Waals surface area contributed by atoms with Crippen molar-refractivity contribution in [3.63, 3.8) is 0 Å². The van der Waals surface area contributed by atoms with E-state index in [4.69, 9.17) is 21.2 Å². The second kappa shape index (κ2) is 5.50. The predicted molar refractivity (Wildman–Crippen MR) is 78.8 cm³/mol. The smallest absolute Gasteiger partial charge is 0.339 e. The Kier molecular flexibility index (Phi) is 3.52. The topological polar surface area (TPSA) is 96.5 Å². The number of hydrogen-bond acceptors (Lipinski definition) is 5. The fourth-order valence-corrected chi connectivity index (χ4v) is 2.07. The van der Waals surface area contributed by atoms with Crippen molar-refractivity contribution in [2.75, 3.05) is 0 Å². The molecule has 0 radical (unpaired) electrons. The maximum atomic E-state index is 11.0. The Labute approximate surface area is 129 Å². The minimum absolute atomic E-state index is 0.102. The van der Waals surface area contributed by atoms with E-state index in [0.717, 1.165) is 0 Å². The van der Waals surface area contributed by atoms with Gasteiger partial charge in [0.15, 0.2) is 0 Å². The van der Waals surface area contributed by atoms with Gasteiger partial charge in [-0.05, 0) is 36.4 Å². The number of hydrogen-bond donors (Lipinski definition) is 2. The molecular weight excluding hydrogens is 308 g/mol. The van der Waals surface area contributed by atoms with Crippen LogP contribution in [-0.4, -0.2) is 26.3 Å². The number of benzene rings is 2. The SMILES string of the molecule is O=C(O)c1cccc(-c2noc(-c3ccc(Cl)cc3)n2)c1O. The zero-order valence-electron chi connectivity index (χ0n) is 11.0. The number of aromatic nitrogens is 2. The molecule has 0 spiro atoms. The fraction of sp³-hybridized carbons (Fsp3) is 0. The molecule has 0 amide bonds. The highest BCUT2D eigenvalue weighted by atomic mass is 35.5. The summed E-state index contributed by atoms with van der Waals surface area (Å²) in [6.45, 7) is 0. The summed E-state index contributed by atoms with van der Waals surface area (Å²) in [7, 11) is 0. The van der Waals surface area contributed by atoms with Crippen molar-refractivity contribution in [3.05, 3.63) is 53.1 Å². The van der Waals surface area contributed by atoms with Crippen LogP contribution in [0.4, 0.5) is 0 Å². The van der Waals surface area contributed by atoms with Crippen LogP contribution in [0, 0.1) is 0 Å². The molecule has 0 unspecified atom stereocenters. The highest BCUT2D eigenvalue weighted by Gasteiger charge is 2.18. The molecule has 1 aromatic heterocycles. The minimum atomic E-state index is -1.24. The monoisotopic (exact) mass is 316 g/mol. The van der Waals surface area contributed by atoms with Crippen LogP contribution in [-0.2, 0) is 0 Å². The van der Waals surface area contributed by atoms with Crippen molar-refractivity contribution in [1.82, 2.24) is 10.1 Å². The van der Waals surface area contributed by atoms with Crippen LogP contribution >= 0.6 is 11.6 Å². The molecule has 0 aliphatic rings. The Balaban J connectivity index is 2.03. The summed E-state index contributed by atoms with van der Waals surface area (Å²) in [6.07, 6.45) is 0. The second-order valence-electron chi connectivity index (χ2n) is 4.44. The number of aromatic carboxylic acids is 1. The summed E-state index contributed by atoms with van der Waals surface area (Å²) in [5.41, 5.74) is 0.622. The Bertz CT molecular complexity index is 843. The van der Waals surface area contributed by atoms with E-state index in [1.165, 1.54) is 18.2 Å². The highest BCUT2D eigenvalue weighted by Crippen LogP contribution is 2.31. The van der Waals surface area contributed by atoms with Gasteiger partial charge in [0.1, 0.15) is 11.3 Å². The average molecular weight is 317 g/mol. The van der Waals surface area contributed by atoms with Gasteiger partial charge in [0, 0.05) is 10.6 Å². The van der Waals surface area contributed by atoms with Crippen molar-refractivity contribution in [2.24, 2.45) is 0 Å². The highest BCUT2D eigenvalue weighted by molar-refractivity contribution is 6.30. The van der Waals surface area contributed by atoms with Crippen LogP contribution in [0.5, 0.6) is 5.75 Å². The Morgan fingerprint density at radius 3 is 2.55 bits per heavy atom. The molecule has 110 valence electrons. The van der Waals surface area contributed by atoms with E-state index in [-0.39, 0.29) is 22.8 Å². The van der Waals surface area contributed by atoms with Crippen molar-refractivity contribution in [2.45, 2.75) is 0 Å². The molecule has 22 heavy (non-hydrogen) atoms. The second-order valence-corrected chi connectivity index (χ2v) is 4.87. The van der Waals surface area contributed by atoms with E-state index in [1.54, 1.807) is 24.3 Å². The normalized spacial score (nSPS) is 10.6. The van der Waals surface area contributed by atoms with E-state index in [2.05, 4.69) is 10.1 Å². The van der Waals surface area contributed by atoms with Crippen LogP contribution in [0.15, 0.2) is 47.0 Å². The number of aromatic hydroxyl groups is 1. The van der Waals surface area contributed by atoms with Gasteiger partial charge in [0.2, 0.25) is 5.82 Å². The van der Waals surface area contributed by atoms with E-state index in [9.17, 15) is 9.90 Å². The molecule has 0 fully saturated rings. The van der Waals surface area contributed by atoms with Crippen LogP contribution in [0.1, 0.15) is 10.4 Å². The molecule has 6 nitrogen and oxygen atoms in total. The van der Waals surface area contributed by atoms with Gasteiger partial charge in [-0.25, -0.2) is 4.79 Å². The summed E-state index contributed by atoms with van der Waals surface area (Å²) in [5.74, 6) is -1.29. The molecule has 0 bridgehead atoms. The molecule has 0 aliphatic heterocycles. The first-order valence-corrected chi connectivity index (χ1v) is 6.59. The fourth-order valence-electron chi connectivity index (χ4n) is 1.94. The van der Waals surface area contributed by atoms with Crippen LogP contribution < -0.4 is 0 Å². The number of carboxylic acid groups (broad SMARTS) is 1. The first-order chi connectivity index (χ1) is 10.6. The molecular formula is C15H9ClN2O4. The number of nitrogens with zero attached hydrogens (tertiary/aromatic N) is 2. The zero-order valence-corrected chi connectivity index (χ0v) is 11.8. The minimum Gasteiger partial charge on any atom is -0.506 e. The summed E-state index contributed by atoms with van der Waals surface area (Å²) in [4.78, 5) is 15.2. The maximum Gasteiger partial charge on any atom is 0.339 e. The Morgan fingerprint density at radius 1 is 1.14 bits per heavy atom. The first-order valence-electron chi connectivity index (χ1n) is 6.21. The van der Waals surface area contributed by atoms with Crippen molar-refractivity contribution >= 4 is 17.6 Å². The van der Waals surface area contributed by atoms with Crippen molar-refractivity contribution in [3.8, 4) is 28.6 Å². The van der Waals surface area contributed by atoms with Crippen LogP contribution in [0.3, 0.4) is 0 Å². The molecule has 3 aromatic rings. The van der Waals surface area contributed by atoms with Gasteiger partial charge in [0.25, 0.3) is 5.89 Å². The third-order valence-corrected chi connectivity index (χ3v) is 3.28. The maximum absolute atomic E-state index is 11.0. The number of para-hydroxylation sites is 1. The number of halogens is 1. The van der Waals surface area contributed by atoms with Gasteiger partial charge >= 0.3 is 5.97 Å². The van der Waals surface area contributed by atoms with Gasteiger partial charge in [-0.2, -0.15) is 4.98 Å². The number of rotatable bonds is 3. The van der Waals surface area contributed by atoms with Gasteiger partial charge in [-0.1, -0.05) is 22.8 Å². The largest absolute Gasteiger partial charge is 0.506 e. The summed E-state index contributed by atoms with van der Waals surface area (Å²) >= 11 is 5.81. The third kappa shape index (κ3) is 2.51. The van der Waals surface area contributed by atoms with Crippen molar-refractivity contribution in [1.29, 1.82) is 0 Å². The lowest BCUT2D eigenvalue weighted by molar-refractivity contribution is 0.0694. The lowest BCUT2D eigenvalue weighted by atomic mass is 10.1. The van der Waals surface area contributed by atoms with E-state index < -0.39 is 11.7 Å². The van der Waals surface area contributed by atoms with Gasteiger partial charge in [-0.3, -0.25) is 0 Å². The quantitative estimate of drug-likeness (QED) is 0.768. The average Bonchev–Trinajstić information content (AvgIpc) is 2.97. The molecule has 2 N–H and O–H groups in total. The standard InChI is InChI=1S/C15H9ClN2O4/c16-9-6-4-8(5-7-9)14-17-13(18-22-14)10-2-1-3-11(12(10)19)15(20)21/h1-7,19H,(H,20,21). The summed E-state index contributed by atoms with van der Waals surface area (Å²) in [5, 5.41) is 23.4. The third-order valence-electron chi connectivity index (χ3n) is 3.02. The summed E-state index contributed by atoms with van der Waals surface area (Å²) in [6, 6.07) is 11.1. The zero-order chi connectivity index (χ0) is 15.7. The van der Waals surface area contributed by atoms with E-state index in [0.29, 0.717) is 10.6 Å². The van der Waals surface area contributed by atoms with Gasteiger partial charge in [0.05, 0.1) is 5.56 Å². The number of phenols is 1. The molecule has 1 heterocycles. The van der Waals surface area contributed by atoms with Gasteiger partial charge in [-0.15, -0.1) is 0 Å². The van der Waals surface area contributed by atoms with Crippen molar-refractivity contribution < 1.29 is 19.5 Å². The molecule has 0 atom stereocenters. The first kappa shape index (κ1) is 14.1. The lowest BCUT2D eigenvalue weighted by Gasteiger charge is -2.02. The molecule has 7 heteroatoms. The van der Waals surface area contributed by atoms with Gasteiger partial charge < -0.3 is 14.7 Å². The van der Waals surface area contributed by atoms with Crippen LogP contribution in [0.25, 0.3) is 22.8 Å². The summed E-state index contributed by atoms with van der Waals surface area (Å²) < 4.78 is 5.14. The molecule has 2 aromatic carbocycles. The molecule has 3 rings (SSSR count). The Morgan fingerprint density at radius 2 is 1.86 bits per heavy atom. The van der Waals surface area contributed by atoms with E-state index in [1.807, 2.05) is 0 Å². The van der Waals surface area contributed by atoms with E-state index >= 15 is 0 Å². The number of carbonyl (C=O) groups is 1. The Hall–Kier alpha value is -2.86. The predicted octanol–water partition coefficient (Wildman–Crippen LogP) is 3.46. The molecule has 0 saturated heterocycles. The lowest BCUT2D eigenvalue weighted by Crippen LogP contribution is -1.97. The number of carboxylic acids is 1. The van der Waals surface area contributed by atoms with Crippen LogP contribution in [0.2, 0.25) is 5.02 Å². The molecule has 0 saturated carbocycles.